The molecule has 1 heterocycles. The van der Waals surface area contributed by atoms with Crippen molar-refractivity contribution in [1.82, 2.24) is 0 Å². The molecule has 0 fully saturated rings. The lowest BCUT2D eigenvalue weighted by atomic mass is 9.96. The summed E-state index contributed by atoms with van der Waals surface area (Å²) < 4.78 is 6.35. The van der Waals surface area contributed by atoms with Gasteiger partial charge in [0.2, 0.25) is 0 Å². The second kappa shape index (κ2) is 16.2. The second-order valence-electron chi connectivity index (χ2n) is 14.2. The largest absolute Gasteiger partial charge is 0.456 e. The second-order valence-corrected chi connectivity index (χ2v) is 14.2. The minimum absolute atomic E-state index is 0.121. The molecule has 0 saturated carbocycles. The van der Waals surface area contributed by atoms with E-state index in [1.807, 2.05) is 91.1 Å². The molecule has 58 heavy (non-hydrogen) atoms. The lowest BCUT2D eigenvalue weighted by molar-refractivity contribution is 0.669. The first-order valence-electron chi connectivity index (χ1n) is 19.4. The van der Waals surface area contributed by atoms with Crippen molar-refractivity contribution in [2.45, 2.75) is 6.92 Å². The first kappa shape index (κ1) is 36.0. The van der Waals surface area contributed by atoms with E-state index in [2.05, 4.69) is 128 Å². The van der Waals surface area contributed by atoms with Gasteiger partial charge in [0, 0.05) is 33.7 Å². The van der Waals surface area contributed by atoms with E-state index in [0.29, 0.717) is 11.4 Å². The van der Waals surface area contributed by atoms with Crippen molar-refractivity contribution in [3.8, 4) is 22.3 Å². The van der Waals surface area contributed by atoms with Crippen LogP contribution in [-0.4, -0.2) is 17.9 Å². The maximum Gasteiger partial charge on any atom is 0.161 e. The topological polar surface area (TPSA) is 61.7 Å². The molecule has 1 aromatic heterocycles. The van der Waals surface area contributed by atoms with Crippen LogP contribution in [0.1, 0.15) is 33.4 Å². The summed E-state index contributed by atoms with van der Waals surface area (Å²) in [6, 6.07) is 61.9. The van der Waals surface area contributed by atoms with Crippen LogP contribution in [0, 0.1) is 12.3 Å². The van der Waals surface area contributed by atoms with E-state index >= 15 is 0 Å². The van der Waals surface area contributed by atoms with Gasteiger partial charge in [0.1, 0.15) is 11.2 Å². The lowest BCUT2D eigenvalue weighted by Crippen LogP contribution is -2.05. The van der Waals surface area contributed by atoms with Crippen LogP contribution in [-0.2, 0) is 0 Å². The Morgan fingerprint density at radius 1 is 0.517 bits per heavy atom. The number of nitrogens with zero attached hydrogens (tertiary/aromatic N) is 2. The summed E-state index contributed by atoms with van der Waals surface area (Å²) in [6.07, 6.45) is 10.2. The van der Waals surface area contributed by atoms with E-state index in [1.165, 1.54) is 21.9 Å². The van der Waals surface area contributed by atoms with Gasteiger partial charge in [-0.1, -0.05) is 176 Å². The van der Waals surface area contributed by atoms with E-state index < -0.39 is 0 Å². The zero-order valence-electron chi connectivity index (χ0n) is 32.0. The van der Waals surface area contributed by atoms with E-state index in [4.69, 9.17) is 14.4 Å². The number of aliphatic imine (C=N–C) groups is 2. The monoisotopic (exact) mass is 745 g/mol. The van der Waals surface area contributed by atoms with E-state index in [1.54, 1.807) is 0 Å². The van der Waals surface area contributed by atoms with Gasteiger partial charge in [-0.25, -0.2) is 9.98 Å². The minimum Gasteiger partial charge on any atom is -0.456 e. The maximum atomic E-state index is 9.27. The van der Waals surface area contributed by atoms with Crippen molar-refractivity contribution < 1.29 is 4.42 Å². The molecule has 0 atom stereocenters. The van der Waals surface area contributed by atoms with Crippen LogP contribution in [0.15, 0.2) is 209 Å². The first-order valence-corrected chi connectivity index (χ1v) is 19.4. The van der Waals surface area contributed by atoms with Crippen molar-refractivity contribution >= 4 is 62.7 Å². The Kier molecular flexibility index (Phi) is 10.0. The molecule has 0 aliphatic heterocycles. The first-order chi connectivity index (χ1) is 28.6. The van der Waals surface area contributed by atoms with Gasteiger partial charge in [0.25, 0.3) is 0 Å². The Hall–Kier alpha value is -7.69. The van der Waals surface area contributed by atoms with Crippen molar-refractivity contribution in [2.75, 3.05) is 0 Å². The van der Waals surface area contributed by atoms with Gasteiger partial charge in [-0.2, -0.15) is 0 Å². The molecule has 4 nitrogen and oxygen atoms in total. The van der Waals surface area contributed by atoms with E-state index in [-0.39, 0.29) is 5.84 Å². The quantitative estimate of drug-likeness (QED) is 0.0939. The molecule has 9 rings (SSSR count). The zero-order valence-corrected chi connectivity index (χ0v) is 32.0. The van der Waals surface area contributed by atoms with E-state index in [9.17, 15) is 5.41 Å². The summed E-state index contributed by atoms with van der Waals surface area (Å²) in [6.45, 7) is 2.12. The fraction of sp³-hybridized carbons (Fsp3) is 0.0185. The normalized spacial score (nSPS) is 12.2. The number of rotatable bonds is 8. The molecule has 0 amide bonds. The van der Waals surface area contributed by atoms with Gasteiger partial charge in [-0.05, 0) is 87.0 Å². The summed E-state index contributed by atoms with van der Waals surface area (Å²) in [5.74, 6) is 0.564. The van der Waals surface area contributed by atoms with Gasteiger partial charge in [0.05, 0.1) is 0 Å². The number of nitrogens with one attached hydrogen (secondary N) is 1. The number of aryl methyl sites for hydroxylation is 1. The highest BCUT2D eigenvalue weighted by Crippen LogP contribution is 2.35. The van der Waals surface area contributed by atoms with Crippen LogP contribution in [0.2, 0.25) is 0 Å². The zero-order chi connectivity index (χ0) is 39.3. The molecule has 0 aliphatic rings. The Bertz CT molecular complexity index is 3080. The predicted molar refractivity (Wildman–Crippen MR) is 245 cm³/mol. The third-order valence-electron chi connectivity index (χ3n) is 10.4. The SMILES string of the molecule is Cc1ccccc1/C=C\C=C\c1ccc(C(=N)N=C(N=Cc2cccc3oc4ccc(-c5ccc6ccccc6c5)cc4c23)c2ccccc2)cc1-c1ccccc1. The number of hydrogen-bond acceptors (Lipinski definition) is 2. The van der Waals surface area contributed by atoms with Crippen molar-refractivity contribution in [1.29, 1.82) is 5.41 Å². The molecule has 9 aromatic rings. The smallest absolute Gasteiger partial charge is 0.161 e. The van der Waals surface area contributed by atoms with Crippen LogP contribution < -0.4 is 0 Å². The summed E-state index contributed by atoms with van der Waals surface area (Å²) >= 11 is 0. The summed E-state index contributed by atoms with van der Waals surface area (Å²) in [4.78, 5) is 9.86. The maximum absolute atomic E-state index is 9.27. The number of fused-ring (bicyclic) bond motifs is 4. The molecule has 8 aromatic carbocycles. The third kappa shape index (κ3) is 7.60. The van der Waals surface area contributed by atoms with Crippen molar-refractivity contribution in [3.05, 3.63) is 228 Å². The van der Waals surface area contributed by atoms with Gasteiger partial charge >= 0.3 is 0 Å². The molecule has 4 heteroatoms. The molecule has 0 radical (unpaired) electrons. The molecule has 0 aliphatic carbocycles. The summed E-state index contributed by atoms with van der Waals surface area (Å²) in [5, 5.41) is 13.7. The highest BCUT2D eigenvalue weighted by Gasteiger charge is 2.14. The fourth-order valence-corrected chi connectivity index (χ4v) is 7.38. The number of benzene rings is 8. The van der Waals surface area contributed by atoms with Gasteiger partial charge < -0.3 is 4.42 Å². The molecular formula is C54H39N3O. The van der Waals surface area contributed by atoms with Gasteiger partial charge in [-0.15, -0.1) is 0 Å². The summed E-state index contributed by atoms with van der Waals surface area (Å²) in [7, 11) is 0. The van der Waals surface area contributed by atoms with Gasteiger partial charge in [-0.3, -0.25) is 5.41 Å². The van der Waals surface area contributed by atoms with Crippen LogP contribution in [0.4, 0.5) is 0 Å². The Morgan fingerprint density at radius 2 is 1.21 bits per heavy atom. The van der Waals surface area contributed by atoms with Gasteiger partial charge in [0.15, 0.2) is 11.7 Å². The average molecular weight is 746 g/mol. The molecule has 0 saturated heterocycles. The van der Waals surface area contributed by atoms with Crippen LogP contribution in [0.5, 0.6) is 0 Å². The lowest BCUT2D eigenvalue weighted by Gasteiger charge is -2.10. The van der Waals surface area contributed by atoms with Crippen LogP contribution >= 0.6 is 0 Å². The van der Waals surface area contributed by atoms with Crippen LogP contribution in [0.25, 0.3) is 67.1 Å². The Morgan fingerprint density at radius 3 is 2.03 bits per heavy atom. The number of amidine groups is 2. The van der Waals surface area contributed by atoms with Crippen molar-refractivity contribution in [3.63, 3.8) is 0 Å². The highest BCUT2D eigenvalue weighted by molar-refractivity contribution is 6.18. The molecule has 0 bridgehead atoms. The van der Waals surface area contributed by atoms with Crippen LogP contribution in [0.3, 0.4) is 0 Å². The number of allylic oxidation sites excluding steroid dienone is 2. The predicted octanol–water partition coefficient (Wildman–Crippen LogP) is 14.0. The third-order valence-corrected chi connectivity index (χ3v) is 10.4. The molecule has 0 spiro atoms. The molecular weight excluding hydrogens is 707 g/mol. The number of furan rings is 1. The number of hydrogen-bond donors (Lipinski definition) is 1. The standard InChI is InChI=1S/C54H39N3O/c1-37-15-8-9-16-38(37)17-10-12-21-41-28-30-46(35-48(41)40-19-4-2-5-20-40)53(55)57-54(42-22-6-3-7-23-42)56-36-47-25-14-26-51-52(47)49-34-45(31-32-50(49)58-51)44-29-27-39-18-11-13-24-43(39)33-44/h2-36,55H,1H3/b17-10-,21-12+,55-53?,56-36?,57-54?. The Labute approximate surface area is 338 Å². The highest BCUT2D eigenvalue weighted by atomic mass is 16.3. The average Bonchev–Trinajstić information content (AvgIpc) is 3.66. The molecule has 1 N–H and O–H groups in total. The summed E-state index contributed by atoms with van der Waals surface area (Å²) in [5.41, 5.74) is 11.8. The minimum atomic E-state index is 0.121. The van der Waals surface area contributed by atoms with E-state index in [0.717, 1.165) is 60.9 Å². The fourth-order valence-electron chi connectivity index (χ4n) is 7.38. The molecule has 276 valence electrons. The Balaban J connectivity index is 1.07. The van der Waals surface area contributed by atoms with Crippen molar-refractivity contribution in [2.24, 2.45) is 9.98 Å². The molecule has 0 unspecified atom stereocenters.